The van der Waals surface area contributed by atoms with E-state index in [9.17, 15) is 0 Å². The third-order valence-electron chi connectivity index (χ3n) is 2.65. The summed E-state index contributed by atoms with van der Waals surface area (Å²) in [5.74, 6) is 5.50. The first-order chi connectivity index (χ1) is 6.03. The Morgan fingerprint density at radius 1 is 1.54 bits per heavy atom. The quantitative estimate of drug-likeness (QED) is 0.243. The number of hydrazine groups is 1. The molecule has 1 unspecified atom stereocenters. The van der Waals surface area contributed by atoms with Crippen molar-refractivity contribution in [3.05, 3.63) is 0 Å². The van der Waals surface area contributed by atoms with Crippen LogP contribution in [0.5, 0.6) is 0 Å². The number of nitrogens with one attached hydrogen (secondary N) is 1. The van der Waals surface area contributed by atoms with Crippen LogP contribution < -0.4 is 17.0 Å². The average Bonchev–Trinajstić information content (AvgIpc) is 2.02. The topological polar surface area (TPSA) is 76.4 Å². The zero-order valence-electron chi connectivity index (χ0n) is 8.51. The predicted octanol–water partition coefficient (Wildman–Crippen LogP) is 0.733. The fourth-order valence-corrected chi connectivity index (χ4v) is 2.00. The molecule has 0 saturated heterocycles. The Kier molecular flexibility index (Phi) is 3.14. The second-order valence-corrected chi connectivity index (χ2v) is 4.57. The summed E-state index contributed by atoms with van der Waals surface area (Å²) in [5.41, 5.74) is 8.28. The highest BCUT2D eigenvalue weighted by Crippen LogP contribution is 2.36. The van der Waals surface area contributed by atoms with E-state index in [1.165, 1.54) is 12.8 Å². The van der Waals surface area contributed by atoms with Crippen LogP contribution in [0.1, 0.15) is 39.5 Å². The van der Waals surface area contributed by atoms with Gasteiger partial charge in [-0.05, 0) is 24.7 Å². The van der Waals surface area contributed by atoms with Crippen molar-refractivity contribution in [1.29, 1.82) is 0 Å². The molecule has 4 nitrogen and oxygen atoms in total. The predicted molar refractivity (Wildman–Crippen MR) is 55.0 cm³/mol. The van der Waals surface area contributed by atoms with Gasteiger partial charge in [-0.3, -0.25) is 5.43 Å². The van der Waals surface area contributed by atoms with E-state index in [0.29, 0.717) is 17.4 Å². The zero-order chi connectivity index (χ0) is 9.90. The number of hydrogen-bond acceptors (Lipinski definition) is 2. The minimum atomic E-state index is 0.347. The van der Waals surface area contributed by atoms with E-state index in [0.717, 1.165) is 12.8 Å². The van der Waals surface area contributed by atoms with Crippen LogP contribution in [0.25, 0.3) is 0 Å². The molecule has 1 saturated carbocycles. The van der Waals surface area contributed by atoms with Crippen molar-refractivity contribution in [2.75, 3.05) is 0 Å². The van der Waals surface area contributed by atoms with Gasteiger partial charge < -0.3 is 5.73 Å². The molecular formula is C9H20N4. The number of rotatable bonds is 1. The molecule has 13 heavy (non-hydrogen) atoms. The maximum absolute atomic E-state index is 5.51. The molecule has 0 aromatic rings. The van der Waals surface area contributed by atoms with Gasteiger partial charge in [0.1, 0.15) is 0 Å². The van der Waals surface area contributed by atoms with Crippen LogP contribution >= 0.6 is 0 Å². The highest BCUT2D eigenvalue weighted by Gasteiger charge is 2.27. The van der Waals surface area contributed by atoms with Crippen molar-refractivity contribution >= 4 is 5.96 Å². The first-order valence-corrected chi connectivity index (χ1v) is 4.83. The van der Waals surface area contributed by atoms with Crippen molar-refractivity contribution in [2.24, 2.45) is 22.0 Å². The van der Waals surface area contributed by atoms with Crippen LogP contribution in [0.15, 0.2) is 4.99 Å². The van der Waals surface area contributed by atoms with E-state index in [4.69, 9.17) is 11.6 Å². The van der Waals surface area contributed by atoms with Crippen molar-refractivity contribution in [3.8, 4) is 0 Å². The molecule has 0 radical (unpaired) electrons. The molecule has 1 aliphatic rings. The van der Waals surface area contributed by atoms with Crippen LogP contribution in [0, 0.1) is 5.41 Å². The van der Waals surface area contributed by atoms with Crippen LogP contribution in [0.3, 0.4) is 0 Å². The van der Waals surface area contributed by atoms with Gasteiger partial charge in [0.05, 0.1) is 6.04 Å². The molecule has 0 bridgehead atoms. The molecule has 1 rings (SSSR count). The van der Waals surface area contributed by atoms with Gasteiger partial charge in [0, 0.05) is 0 Å². The molecule has 0 aromatic heterocycles. The van der Waals surface area contributed by atoms with Gasteiger partial charge in [-0.15, -0.1) is 0 Å². The third kappa shape index (κ3) is 3.22. The Bertz CT molecular complexity index is 198. The Morgan fingerprint density at radius 2 is 2.23 bits per heavy atom. The highest BCUT2D eigenvalue weighted by molar-refractivity contribution is 5.77. The maximum atomic E-state index is 5.51. The van der Waals surface area contributed by atoms with Crippen molar-refractivity contribution in [2.45, 2.75) is 45.6 Å². The summed E-state index contributed by atoms with van der Waals surface area (Å²) in [6, 6.07) is 0.347. The molecule has 1 fully saturated rings. The largest absolute Gasteiger partial charge is 0.369 e. The number of nitrogens with zero attached hydrogens (tertiary/aromatic N) is 1. The maximum Gasteiger partial charge on any atom is 0.203 e. The normalized spacial score (nSPS) is 28.5. The number of aliphatic imine (C=N–C) groups is 1. The number of nitrogens with two attached hydrogens (primary N) is 2. The van der Waals surface area contributed by atoms with Crippen LogP contribution in [-0.2, 0) is 0 Å². The third-order valence-corrected chi connectivity index (χ3v) is 2.65. The van der Waals surface area contributed by atoms with E-state index in [-0.39, 0.29) is 0 Å². The van der Waals surface area contributed by atoms with Crippen molar-refractivity contribution in [1.82, 2.24) is 5.43 Å². The van der Waals surface area contributed by atoms with E-state index >= 15 is 0 Å². The summed E-state index contributed by atoms with van der Waals surface area (Å²) in [5, 5.41) is 0. The summed E-state index contributed by atoms with van der Waals surface area (Å²) in [7, 11) is 0. The Hall–Kier alpha value is -0.770. The summed E-state index contributed by atoms with van der Waals surface area (Å²) in [6.45, 7) is 4.56. The van der Waals surface area contributed by atoms with Gasteiger partial charge in [-0.1, -0.05) is 20.3 Å². The average molecular weight is 184 g/mol. The lowest BCUT2D eigenvalue weighted by atomic mass is 9.75. The fraction of sp³-hybridized carbons (Fsp3) is 0.889. The first-order valence-electron chi connectivity index (χ1n) is 4.83. The van der Waals surface area contributed by atoms with Gasteiger partial charge in [-0.2, -0.15) is 0 Å². The second-order valence-electron chi connectivity index (χ2n) is 4.57. The summed E-state index contributed by atoms with van der Waals surface area (Å²) in [4.78, 5) is 4.31. The van der Waals surface area contributed by atoms with E-state index in [1.54, 1.807) is 0 Å². The molecular weight excluding hydrogens is 164 g/mol. The number of guanidine groups is 1. The van der Waals surface area contributed by atoms with Gasteiger partial charge in [-0.25, -0.2) is 10.8 Å². The van der Waals surface area contributed by atoms with Gasteiger partial charge in [0.2, 0.25) is 5.96 Å². The zero-order valence-corrected chi connectivity index (χ0v) is 8.51. The first kappa shape index (κ1) is 10.3. The second kappa shape index (κ2) is 3.96. The van der Waals surface area contributed by atoms with Crippen LogP contribution in [-0.4, -0.2) is 12.0 Å². The summed E-state index contributed by atoms with van der Waals surface area (Å²) >= 11 is 0. The fourth-order valence-electron chi connectivity index (χ4n) is 2.00. The molecule has 5 N–H and O–H groups in total. The standard InChI is InChI=1S/C9H20N4/c1-9(2)5-3-4-7(6-9)12-8(10)13-11/h7H,3-6,11H2,1-2H3,(H3,10,12,13). The Morgan fingerprint density at radius 3 is 2.77 bits per heavy atom. The summed E-state index contributed by atoms with van der Waals surface area (Å²) in [6.07, 6.45) is 4.76. The molecule has 4 heteroatoms. The lowest BCUT2D eigenvalue weighted by Gasteiger charge is -2.33. The van der Waals surface area contributed by atoms with Gasteiger partial charge >= 0.3 is 0 Å². The van der Waals surface area contributed by atoms with Gasteiger partial charge in [0.15, 0.2) is 0 Å². The lowest BCUT2D eigenvalue weighted by Crippen LogP contribution is -2.39. The minimum absolute atomic E-state index is 0.347. The molecule has 1 atom stereocenters. The van der Waals surface area contributed by atoms with Crippen molar-refractivity contribution in [3.63, 3.8) is 0 Å². The Balaban J connectivity index is 2.52. The van der Waals surface area contributed by atoms with Crippen LogP contribution in [0.4, 0.5) is 0 Å². The monoisotopic (exact) mass is 184 g/mol. The summed E-state index contributed by atoms with van der Waals surface area (Å²) < 4.78 is 0. The molecule has 0 heterocycles. The van der Waals surface area contributed by atoms with Crippen molar-refractivity contribution < 1.29 is 0 Å². The Labute approximate surface area is 79.7 Å². The number of hydrogen-bond donors (Lipinski definition) is 3. The van der Waals surface area contributed by atoms with E-state index in [2.05, 4.69) is 24.3 Å². The molecule has 0 aromatic carbocycles. The van der Waals surface area contributed by atoms with Gasteiger partial charge in [0.25, 0.3) is 0 Å². The van der Waals surface area contributed by atoms with Crippen LogP contribution in [0.2, 0.25) is 0 Å². The molecule has 1 aliphatic carbocycles. The molecule has 0 amide bonds. The minimum Gasteiger partial charge on any atom is -0.369 e. The van der Waals surface area contributed by atoms with E-state index in [1.807, 2.05) is 0 Å². The smallest absolute Gasteiger partial charge is 0.203 e. The molecule has 0 spiro atoms. The molecule has 0 aliphatic heterocycles. The lowest BCUT2D eigenvalue weighted by molar-refractivity contribution is 0.221. The molecule has 76 valence electrons. The van der Waals surface area contributed by atoms with E-state index < -0.39 is 0 Å². The highest BCUT2D eigenvalue weighted by atomic mass is 15.3. The SMILES string of the molecule is CC1(C)CCCC(N=C(N)NN)C1.